The highest BCUT2D eigenvalue weighted by Gasteiger charge is 2.18. The predicted molar refractivity (Wildman–Crippen MR) is 105 cm³/mol. The molecule has 0 amide bonds. The molecule has 2 aromatic heterocycles. The zero-order valence-corrected chi connectivity index (χ0v) is 16.9. The molecule has 4 nitrogen and oxygen atoms in total. The topological polar surface area (TPSA) is 59.1 Å². The van der Waals surface area contributed by atoms with Crippen molar-refractivity contribution in [1.29, 1.82) is 0 Å². The molecule has 0 unspecified atom stereocenters. The first-order valence-corrected chi connectivity index (χ1v) is 11.3. The Morgan fingerprint density at radius 3 is 2.52 bits per heavy atom. The Kier molecular flexibility index (Phi) is 5.60. The van der Waals surface area contributed by atoms with Crippen LogP contribution in [0.3, 0.4) is 0 Å². The van der Waals surface area contributed by atoms with E-state index < -0.39 is 10.0 Å². The molecule has 0 fully saturated rings. The molecular formula is C17H17ClN2O2S3. The summed E-state index contributed by atoms with van der Waals surface area (Å²) in [6.07, 6.45) is 0. The number of halogens is 1. The molecule has 8 heteroatoms. The summed E-state index contributed by atoms with van der Waals surface area (Å²) in [4.78, 5) is 4.57. The number of thiophene rings is 1. The first-order chi connectivity index (χ1) is 11.8. The number of nitrogens with zero attached hydrogens (tertiary/aromatic N) is 1. The molecule has 0 saturated heterocycles. The molecule has 0 aliphatic heterocycles. The van der Waals surface area contributed by atoms with Crippen molar-refractivity contribution >= 4 is 44.3 Å². The van der Waals surface area contributed by atoms with Gasteiger partial charge in [0, 0.05) is 27.9 Å². The molecule has 25 heavy (non-hydrogen) atoms. The SMILES string of the molecule is CC(C)c1csc(-c2csc(S(=O)(=O)NCc3ccc(Cl)cc3)c2)n1. The van der Waals surface area contributed by atoms with E-state index in [1.54, 1.807) is 30.3 Å². The van der Waals surface area contributed by atoms with Crippen LogP contribution in [-0.2, 0) is 16.6 Å². The lowest BCUT2D eigenvalue weighted by atomic mass is 10.2. The quantitative estimate of drug-likeness (QED) is 0.610. The standard InChI is InChI=1S/C17H17ClN2O2S3/c1-11(2)15-10-24-17(20-15)13-7-16(23-9-13)25(21,22)19-8-12-3-5-14(18)6-4-12/h3-7,9-11,19H,8H2,1-2H3. The first-order valence-electron chi connectivity index (χ1n) is 7.63. The number of thiazole rings is 1. The van der Waals surface area contributed by atoms with Gasteiger partial charge in [-0.25, -0.2) is 18.1 Å². The molecule has 0 bridgehead atoms. The Bertz CT molecular complexity index is 960. The summed E-state index contributed by atoms with van der Waals surface area (Å²) in [5.41, 5.74) is 2.72. The van der Waals surface area contributed by atoms with Gasteiger partial charge in [0.05, 0.1) is 5.69 Å². The zero-order chi connectivity index (χ0) is 18.0. The molecule has 1 aromatic carbocycles. The molecule has 3 rings (SSSR count). The van der Waals surface area contributed by atoms with Crippen LogP contribution in [0.1, 0.15) is 31.0 Å². The van der Waals surface area contributed by atoms with E-state index in [1.165, 1.54) is 22.7 Å². The van der Waals surface area contributed by atoms with Crippen LogP contribution in [0.4, 0.5) is 0 Å². The van der Waals surface area contributed by atoms with Crippen LogP contribution in [0.15, 0.2) is 45.3 Å². The van der Waals surface area contributed by atoms with E-state index in [4.69, 9.17) is 11.6 Å². The van der Waals surface area contributed by atoms with Crippen LogP contribution in [0.25, 0.3) is 10.6 Å². The van der Waals surface area contributed by atoms with Gasteiger partial charge in [0.25, 0.3) is 0 Å². The summed E-state index contributed by atoms with van der Waals surface area (Å²) in [6, 6.07) is 8.76. The average molecular weight is 413 g/mol. The number of benzene rings is 1. The highest BCUT2D eigenvalue weighted by molar-refractivity contribution is 7.91. The summed E-state index contributed by atoms with van der Waals surface area (Å²) in [5.74, 6) is 0.355. The molecule has 0 atom stereocenters. The van der Waals surface area contributed by atoms with Gasteiger partial charge in [0.15, 0.2) is 0 Å². The molecule has 132 valence electrons. The van der Waals surface area contributed by atoms with Crippen molar-refractivity contribution < 1.29 is 8.42 Å². The second-order valence-corrected chi connectivity index (χ2v) is 10.0. The molecule has 0 radical (unpaired) electrons. The van der Waals surface area contributed by atoms with Crippen LogP contribution >= 0.6 is 34.3 Å². The zero-order valence-electron chi connectivity index (χ0n) is 13.7. The van der Waals surface area contributed by atoms with Gasteiger partial charge in [-0.15, -0.1) is 22.7 Å². The third kappa shape index (κ3) is 4.48. The number of hydrogen-bond acceptors (Lipinski definition) is 5. The Hall–Kier alpha value is -1.25. The summed E-state index contributed by atoms with van der Waals surface area (Å²) >= 11 is 8.57. The maximum absolute atomic E-state index is 12.5. The van der Waals surface area contributed by atoms with Crippen LogP contribution in [-0.4, -0.2) is 13.4 Å². The van der Waals surface area contributed by atoms with E-state index in [0.717, 1.165) is 21.8 Å². The fourth-order valence-corrected chi connectivity index (χ4v) is 5.50. The van der Waals surface area contributed by atoms with Crippen molar-refractivity contribution in [2.45, 2.75) is 30.5 Å². The van der Waals surface area contributed by atoms with E-state index in [1.807, 2.05) is 10.8 Å². The lowest BCUT2D eigenvalue weighted by Crippen LogP contribution is -2.22. The summed E-state index contributed by atoms with van der Waals surface area (Å²) < 4.78 is 27.9. The Morgan fingerprint density at radius 1 is 1.16 bits per heavy atom. The predicted octanol–water partition coefficient (Wildman–Crippen LogP) is 5.13. The summed E-state index contributed by atoms with van der Waals surface area (Å²) in [5, 5.41) is 5.32. The van der Waals surface area contributed by atoms with Crippen molar-refractivity contribution in [3.63, 3.8) is 0 Å². The van der Waals surface area contributed by atoms with Gasteiger partial charge in [-0.1, -0.05) is 37.6 Å². The van der Waals surface area contributed by atoms with Gasteiger partial charge in [-0.3, -0.25) is 0 Å². The van der Waals surface area contributed by atoms with Crippen LogP contribution < -0.4 is 4.72 Å². The maximum atomic E-state index is 12.5. The minimum atomic E-state index is -3.55. The minimum absolute atomic E-state index is 0.224. The van der Waals surface area contributed by atoms with Gasteiger partial charge in [-0.2, -0.15) is 0 Å². The molecule has 0 aliphatic carbocycles. The van der Waals surface area contributed by atoms with Gasteiger partial charge in [0.1, 0.15) is 9.22 Å². The number of rotatable bonds is 6. The number of nitrogens with one attached hydrogen (secondary N) is 1. The van der Waals surface area contributed by atoms with E-state index >= 15 is 0 Å². The van der Waals surface area contributed by atoms with Gasteiger partial charge in [0.2, 0.25) is 10.0 Å². The second kappa shape index (κ2) is 7.55. The second-order valence-electron chi connectivity index (χ2n) is 5.84. The normalized spacial score (nSPS) is 12.0. The number of sulfonamides is 1. The lowest BCUT2D eigenvalue weighted by Gasteiger charge is -2.05. The first kappa shape index (κ1) is 18.5. The van der Waals surface area contributed by atoms with Crippen LogP contribution in [0, 0.1) is 0 Å². The van der Waals surface area contributed by atoms with Crippen molar-refractivity contribution in [2.75, 3.05) is 0 Å². The van der Waals surface area contributed by atoms with Crippen LogP contribution in [0.2, 0.25) is 5.02 Å². The minimum Gasteiger partial charge on any atom is -0.241 e. The van der Waals surface area contributed by atoms with Crippen molar-refractivity contribution in [3.05, 3.63) is 57.4 Å². The summed E-state index contributed by atoms with van der Waals surface area (Å²) in [6.45, 7) is 4.40. The monoisotopic (exact) mass is 412 g/mol. The van der Waals surface area contributed by atoms with Gasteiger partial charge in [-0.05, 0) is 29.7 Å². The third-order valence-corrected chi connectivity index (χ3v) is 7.58. The fourth-order valence-electron chi connectivity index (χ4n) is 2.11. The van der Waals surface area contributed by atoms with E-state index in [9.17, 15) is 8.42 Å². The van der Waals surface area contributed by atoms with Crippen LogP contribution in [0.5, 0.6) is 0 Å². The Morgan fingerprint density at radius 2 is 1.88 bits per heavy atom. The molecule has 2 heterocycles. The highest BCUT2D eigenvalue weighted by Crippen LogP contribution is 2.32. The van der Waals surface area contributed by atoms with E-state index in [0.29, 0.717) is 10.9 Å². The van der Waals surface area contributed by atoms with Crippen molar-refractivity contribution in [3.8, 4) is 10.6 Å². The van der Waals surface area contributed by atoms with Crippen molar-refractivity contribution in [2.24, 2.45) is 0 Å². The molecule has 0 spiro atoms. The maximum Gasteiger partial charge on any atom is 0.250 e. The summed E-state index contributed by atoms with van der Waals surface area (Å²) in [7, 11) is -3.55. The third-order valence-electron chi connectivity index (χ3n) is 3.58. The fraction of sp³-hybridized carbons (Fsp3) is 0.235. The molecule has 0 saturated carbocycles. The van der Waals surface area contributed by atoms with E-state index in [2.05, 4.69) is 23.6 Å². The molecule has 3 aromatic rings. The Labute approximate surface area is 160 Å². The molecular weight excluding hydrogens is 396 g/mol. The molecule has 0 aliphatic rings. The van der Waals surface area contributed by atoms with Crippen molar-refractivity contribution in [1.82, 2.24) is 9.71 Å². The average Bonchev–Trinajstić information content (AvgIpc) is 3.23. The Balaban J connectivity index is 1.74. The highest BCUT2D eigenvalue weighted by atomic mass is 35.5. The van der Waals surface area contributed by atoms with E-state index in [-0.39, 0.29) is 10.8 Å². The molecule has 1 N–H and O–H groups in total. The largest absolute Gasteiger partial charge is 0.250 e. The smallest absolute Gasteiger partial charge is 0.241 e. The lowest BCUT2D eigenvalue weighted by molar-refractivity contribution is 0.583. The van der Waals surface area contributed by atoms with Gasteiger partial charge < -0.3 is 0 Å². The number of hydrogen-bond donors (Lipinski definition) is 1. The number of aromatic nitrogens is 1. The van der Waals surface area contributed by atoms with Gasteiger partial charge >= 0.3 is 0 Å².